The summed E-state index contributed by atoms with van der Waals surface area (Å²) in [6, 6.07) is 7.26. The van der Waals surface area contributed by atoms with Crippen LogP contribution in [0.3, 0.4) is 0 Å². The number of fused-ring (bicyclic) bond motifs is 1. The fourth-order valence-corrected chi connectivity index (χ4v) is 4.19. The van der Waals surface area contributed by atoms with Crippen LogP contribution in [-0.2, 0) is 12.8 Å². The predicted octanol–water partition coefficient (Wildman–Crippen LogP) is 3.95. The van der Waals surface area contributed by atoms with Gasteiger partial charge < -0.3 is 16.0 Å². The second kappa shape index (κ2) is 9.23. The Hall–Kier alpha value is -1.55. The molecule has 138 valence electrons. The molecule has 1 saturated heterocycles. The topological polar surface area (TPSA) is 53.6 Å². The minimum atomic E-state index is 0.560. The molecule has 3 N–H and O–H groups in total. The number of aryl methyl sites for hydroxylation is 1. The second-order valence-corrected chi connectivity index (χ2v) is 7.63. The van der Waals surface area contributed by atoms with Gasteiger partial charge >= 0.3 is 0 Å². The third kappa shape index (κ3) is 5.21. The third-order valence-corrected chi connectivity index (χ3v) is 5.73. The zero-order valence-corrected chi connectivity index (χ0v) is 15.8. The van der Waals surface area contributed by atoms with E-state index in [4.69, 9.17) is 5.73 Å². The summed E-state index contributed by atoms with van der Waals surface area (Å²) < 4.78 is 0. The Morgan fingerprint density at radius 3 is 2.96 bits per heavy atom. The average Bonchev–Trinajstić information content (AvgIpc) is 2.63. The van der Waals surface area contributed by atoms with Gasteiger partial charge in [0.1, 0.15) is 0 Å². The molecule has 0 saturated carbocycles. The van der Waals surface area contributed by atoms with E-state index in [1.807, 2.05) is 0 Å². The van der Waals surface area contributed by atoms with Crippen molar-refractivity contribution in [1.29, 1.82) is 0 Å². The molecular weight excluding hydrogens is 308 g/mol. The lowest BCUT2D eigenvalue weighted by Crippen LogP contribution is -2.38. The number of hydrogen-bond acceptors (Lipinski definition) is 2. The van der Waals surface area contributed by atoms with Crippen LogP contribution in [0.2, 0.25) is 0 Å². The lowest BCUT2D eigenvalue weighted by Gasteiger charge is -2.33. The van der Waals surface area contributed by atoms with E-state index >= 15 is 0 Å². The van der Waals surface area contributed by atoms with E-state index < -0.39 is 0 Å². The van der Waals surface area contributed by atoms with Crippen molar-refractivity contribution in [2.75, 3.05) is 25.0 Å². The van der Waals surface area contributed by atoms with Gasteiger partial charge in [0.15, 0.2) is 5.96 Å². The Kier molecular flexibility index (Phi) is 6.74. The molecule has 3 rings (SSSR count). The molecule has 1 fully saturated rings. The molecule has 0 radical (unpaired) electrons. The number of nitrogens with one attached hydrogen (secondary N) is 1. The molecule has 4 nitrogen and oxygen atoms in total. The number of likely N-dealkylation sites (tertiary alicyclic amines) is 1. The number of aliphatic imine (C=N–C) groups is 1. The fraction of sp³-hybridized carbons (Fsp3) is 0.667. The van der Waals surface area contributed by atoms with Gasteiger partial charge in [-0.1, -0.05) is 18.6 Å². The van der Waals surface area contributed by atoms with Crippen LogP contribution < -0.4 is 11.1 Å². The number of rotatable bonds is 6. The summed E-state index contributed by atoms with van der Waals surface area (Å²) in [5, 5.41) is 3.33. The lowest BCUT2D eigenvalue weighted by atomic mass is 9.90. The average molecular weight is 343 g/mol. The van der Waals surface area contributed by atoms with Crippen molar-refractivity contribution >= 4 is 11.6 Å². The summed E-state index contributed by atoms with van der Waals surface area (Å²) in [7, 11) is 0. The molecule has 0 aromatic heterocycles. The monoisotopic (exact) mass is 342 g/mol. The van der Waals surface area contributed by atoms with Gasteiger partial charge in [0.25, 0.3) is 0 Å². The number of hydrogen-bond donors (Lipinski definition) is 2. The van der Waals surface area contributed by atoms with Crippen molar-refractivity contribution in [3.63, 3.8) is 0 Å². The highest BCUT2D eigenvalue weighted by molar-refractivity contribution is 5.93. The Morgan fingerprint density at radius 2 is 2.08 bits per heavy atom. The predicted molar refractivity (Wildman–Crippen MR) is 107 cm³/mol. The largest absolute Gasteiger partial charge is 0.370 e. The molecule has 0 amide bonds. The molecular formula is C21H34N4. The summed E-state index contributed by atoms with van der Waals surface area (Å²) in [6.45, 7) is 5.65. The zero-order valence-electron chi connectivity index (χ0n) is 15.8. The van der Waals surface area contributed by atoms with Crippen LogP contribution in [0.1, 0.15) is 63.0 Å². The molecule has 1 atom stereocenters. The van der Waals surface area contributed by atoms with E-state index in [9.17, 15) is 0 Å². The Bertz CT molecular complexity index is 581. The molecule has 1 aromatic carbocycles. The fourth-order valence-electron chi connectivity index (χ4n) is 4.19. The van der Waals surface area contributed by atoms with Crippen molar-refractivity contribution in [1.82, 2.24) is 4.90 Å². The minimum Gasteiger partial charge on any atom is -0.370 e. The molecule has 1 aliphatic carbocycles. The number of anilines is 1. The molecule has 0 spiro atoms. The number of guanidine groups is 1. The lowest BCUT2D eigenvalue weighted by molar-refractivity contribution is 0.158. The van der Waals surface area contributed by atoms with Crippen LogP contribution in [0, 0.1) is 0 Å². The van der Waals surface area contributed by atoms with Crippen LogP contribution in [-0.4, -0.2) is 36.5 Å². The number of unbranched alkanes of at least 4 members (excludes halogenated alkanes) is 1. The first kappa shape index (κ1) is 18.2. The highest BCUT2D eigenvalue weighted by atomic mass is 15.2. The van der Waals surface area contributed by atoms with Crippen molar-refractivity contribution in [2.24, 2.45) is 10.7 Å². The SMILES string of the molecule is CC1CCCCN1CCCCN=C(N)Nc1cccc2c1CCCC2. The highest BCUT2D eigenvalue weighted by Gasteiger charge is 2.17. The summed E-state index contributed by atoms with van der Waals surface area (Å²) in [5.74, 6) is 0.560. The van der Waals surface area contributed by atoms with Crippen molar-refractivity contribution in [3.8, 4) is 0 Å². The van der Waals surface area contributed by atoms with E-state index in [1.54, 1.807) is 0 Å². The van der Waals surface area contributed by atoms with Crippen LogP contribution in [0.25, 0.3) is 0 Å². The maximum Gasteiger partial charge on any atom is 0.193 e. The van der Waals surface area contributed by atoms with Crippen molar-refractivity contribution in [3.05, 3.63) is 29.3 Å². The third-order valence-electron chi connectivity index (χ3n) is 5.73. The van der Waals surface area contributed by atoms with Gasteiger partial charge in [-0.15, -0.1) is 0 Å². The summed E-state index contributed by atoms with van der Waals surface area (Å²) in [4.78, 5) is 7.16. The summed E-state index contributed by atoms with van der Waals surface area (Å²) in [5.41, 5.74) is 10.2. The first-order chi connectivity index (χ1) is 12.2. The quantitative estimate of drug-likeness (QED) is 0.468. The highest BCUT2D eigenvalue weighted by Crippen LogP contribution is 2.27. The maximum absolute atomic E-state index is 6.11. The molecule has 25 heavy (non-hydrogen) atoms. The molecule has 2 aliphatic rings. The van der Waals surface area contributed by atoms with Gasteiger partial charge in [-0.3, -0.25) is 4.99 Å². The molecule has 4 heteroatoms. The first-order valence-corrected chi connectivity index (χ1v) is 10.2. The van der Waals surface area contributed by atoms with Gasteiger partial charge in [-0.05, 0) is 88.6 Å². The molecule has 1 aromatic rings. The minimum absolute atomic E-state index is 0.560. The summed E-state index contributed by atoms with van der Waals surface area (Å²) >= 11 is 0. The standard InChI is InChI=1S/C21H34N4/c1-17-9-4-6-15-25(17)16-7-5-14-23-21(22)24-20-13-8-11-18-10-2-3-12-19(18)20/h8,11,13,17H,2-7,9-10,12,14-16H2,1H3,(H3,22,23,24). The van der Waals surface area contributed by atoms with Crippen LogP contribution in [0.4, 0.5) is 5.69 Å². The Balaban J connectivity index is 1.42. The molecule has 1 unspecified atom stereocenters. The molecule has 0 bridgehead atoms. The van der Waals surface area contributed by atoms with Gasteiger partial charge in [0.05, 0.1) is 0 Å². The van der Waals surface area contributed by atoms with Gasteiger partial charge in [-0.2, -0.15) is 0 Å². The van der Waals surface area contributed by atoms with Gasteiger partial charge in [0.2, 0.25) is 0 Å². The second-order valence-electron chi connectivity index (χ2n) is 7.63. The van der Waals surface area contributed by atoms with Gasteiger partial charge in [-0.25, -0.2) is 0 Å². The number of piperidine rings is 1. The smallest absolute Gasteiger partial charge is 0.193 e. The van der Waals surface area contributed by atoms with Gasteiger partial charge in [0, 0.05) is 18.3 Å². The van der Waals surface area contributed by atoms with Crippen molar-refractivity contribution < 1.29 is 0 Å². The van der Waals surface area contributed by atoms with Crippen molar-refractivity contribution in [2.45, 2.75) is 70.8 Å². The zero-order chi connectivity index (χ0) is 17.5. The van der Waals surface area contributed by atoms with E-state index in [-0.39, 0.29) is 0 Å². The van der Waals surface area contributed by atoms with E-state index in [2.05, 4.69) is 40.3 Å². The number of nitrogens with zero attached hydrogens (tertiary/aromatic N) is 2. The van der Waals surface area contributed by atoms with E-state index in [0.717, 1.165) is 31.1 Å². The van der Waals surface area contributed by atoms with Crippen LogP contribution >= 0.6 is 0 Å². The molecule has 1 heterocycles. The molecule has 1 aliphatic heterocycles. The first-order valence-electron chi connectivity index (χ1n) is 10.2. The van der Waals surface area contributed by atoms with Crippen LogP contribution in [0.5, 0.6) is 0 Å². The Labute approximate surface area is 152 Å². The van der Waals surface area contributed by atoms with E-state index in [1.165, 1.54) is 69.2 Å². The number of benzene rings is 1. The number of nitrogens with two attached hydrogens (primary N) is 1. The normalized spacial score (nSPS) is 21.8. The van der Waals surface area contributed by atoms with E-state index in [0.29, 0.717) is 5.96 Å². The summed E-state index contributed by atoms with van der Waals surface area (Å²) in [6.07, 6.45) is 11.4. The van der Waals surface area contributed by atoms with Crippen LogP contribution in [0.15, 0.2) is 23.2 Å². The maximum atomic E-state index is 6.11. The Morgan fingerprint density at radius 1 is 1.20 bits per heavy atom.